The molecule has 0 amide bonds. The van der Waals surface area contributed by atoms with Crippen molar-refractivity contribution in [3.8, 4) is 0 Å². The maximum atomic E-state index is 8.78. The van der Waals surface area contributed by atoms with E-state index >= 15 is 0 Å². The molecule has 0 saturated carbocycles. The summed E-state index contributed by atoms with van der Waals surface area (Å²) in [4.78, 5) is 1.94. The van der Waals surface area contributed by atoms with Crippen molar-refractivity contribution in [3.63, 3.8) is 0 Å². The summed E-state index contributed by atoms with van der Waals surface area (Å²) in [5.74, 6) is 0. The Morgan fingerprint density at radius 1 is 1.27 bits per heavy atom. The van der Waals surface area contributed by atoms with Crippen LogP contribution in [0, 0.1) is 6.92 Å². The van der Waals surface area contributed by atoms with Gasteiger partial charge in [-0.3, -0.25) is 4.90 Å². The molecule has 0 aliphatic carbocycles. The van der Waals surface area contributed by atoms with Gasteiger partial charge in [0.2, 0.25) is 0 Å². The van der Waals surface area contributed by atoms with Gasteiger partial charge in [0.05, 0.1) is 6.61 Å². The third kappa shape index (κ3) is 3.28. The number of aliphatic hydroxyl groups is 1. The minimum Gasteiger partial charge on any atom is -0.395 e. The van der Waals surface area contributed by atoms with Gasteiger partial charge in [0.25, 0.3) is 0 Å². The molecule has 0 unspecified atom stereocenters. The molecule has 1 aromatic rings. The molecule has 0 saturated heterocycles. The van der Waals surface area contributed by atoms with Crippen molar-refractivity contribution < 1.29 is 5.11 Å². The Kier molecular flexibility index (Phi) is 4.73. The quantitative estimate of drug-likeness (QED) is 0.880. The van der Waals surface area contributed by atoms with Gasteiger partial charge in [0, 0.05) is 18.7 Å². The van der Waals surface area contributed by atoms with E-state index in [-0.39, 0.29) is 6.61 Å². The van der Waals surface area contributed by atoms with E-state index in [1.165, 1.54) is 0 Å². The predicted molar refractivity (Wildman–Crippen MR) is 60.2 cm³/mol. The van der Waals surface area contributed by atoms with E-state index in [4.69, 9.17) is 28.3 Å². The van der Waals surface area contributed by atoms with Gasteiger partial charge in [0.1, 0.15) is 0 Å². The number of aliphatic hydroxyl groups excluding tert-OH is 1. The van der Waals surface area contributed by atoms with Gasteiger partial charge in [0.15, 0.2) is 10.3 Å². The van der Waals surface area contributed by atoms with Crippen LogP contribution in [0.1, 0.15) is 11.1 Å². The molecule has 0 bridgehead atoms. The minimum atomic E-state index is 0.111. The third-order valence-electron chi connectivity index (χ3n) is 2.15. The maximum Gasteiger partial charge on any atom is 0.156 e. The Bertz CT molecular complexity index is 346. The molecular weight excluding hydrogens is 237 g/mol. The van der Waals surface area contributed by atoms with Crippen molar-refractivity contribution in [2.75, 3.05) is 20.2 Å². The fourth-order valence-corrected chi connectivity index (χ4v) is 1.60. The summed E-state index contributed by atoms with van der Waals surface area (Å²) in [6.45, 7) is 3.14. The first-order valence-electron chi connectivity index (χ1n) is 4.52. The Morgan fingerprint density at radius 3 is 2.47 bits per heavy atom. The number of hydrogen-bond acceptors (Lipinski definition) is 4. The van der Waals surface area contributed by atoms with Gasteiger partial charge >= 0.3 is 0 Å². The van der Waals surface area contributed by atoms with Crippen LogP contribution in [-0.2, 0) is 6.54 Å². The second-order valence-electron chi connectivity index (χ2n) is 3.35. The molecule has 0 atom stereocenters. The van der Waals surface area contributed by atoms with Crippen molar-refractivity contribution in [2.24, 2.45) is 0 Å². The molecule has 0 aliphatic rings. The highest BCUT2D eigenvalue weighted by Gasteiger charge is 2.12. The topological polar surface area (TPSA) is 49.2 Å². The molecule has 0 spiro atoms. The van der Waals surface area contributed by atoms with Crippen molar-refractivity contribution >= 4 is 23.2 Å². The number of nitrogens with zero attached hydrogens (tertiary/aromatic N) is 3. The number of rotatable bonds is 4. The normalized spacial score (nSPS) is 11.1. The largest absolute Gasteiger partial charge is 0.395 e. The Labute approximate surface area is 98.8 Å². The van der Waals surface area contributed by atoms with Crippen LogP contribution < -0.4 is 0 Å². The third-order valence-corrected chi connectivity index (χ3v) is 2.81. The summed E-state index contributed by atoms with van der Waals surface area (Å²) in [5, 5.41) is 17.0. The lowest BCUT2D eigenvalue weighted by atomic mass is 10.2. The highest BCUT2D eigenvalue weighted by atomic mass is 35.5. The van der Waals surface area contributed by atoms with E-state index in [0.717, 1.165) is 11.1 Å². The summed E-state index contributed by atoms with van der Waals surface area (Å²) in [7, 11) is 1.89. The Balaban J connectivity index is 2.88. The fourth-order valence-electron chi connectivity index (χ4n) is 1.21. The highest BCUT2D eigenvalue weighted by molar-refractivity contribution is 6.32. The molecular formula is C9H13Cl2N3O. The summed E-state index contributed by atoms with van der Waals surface area (Å²) >= 11 is 11.8. The first kappa shape index (κ1) is 12.6. The molecule has 4 nitrogen and oxygen atoms in total. The van der Waals surface area contributed by atoms with Gasteiger partial charge in [-0.05, 0) is 19.5 Å². The van der Waals surface area contributed by atoms with Gasteiger partial charge in [-0.2, -0.15) is 0 Å². The average molecular weight is 250 g/mol. The zero-order valence-electron chi connectivity index (χ0n) is 8.67. The SMILES string of the molecule is Cc1c(Cl)nnc(Cl)c1CN(C)CCO. The summed E-state index contributed by atoms with van der Waals surface area (Å²) < 4.78 is 0. The lowest BCUT2D eigenvalue weighted by Crippen LogP contribution is -2.22. The molecule has 0 aromatic carbocycles. The van der Waals surface area contributed by atoms with E-state index in [1.807, 2.05) is 18.9 Å². The number of hydrogen-bond donors (Lipinski definition) is 1. The van der Waals surface area contributed by atoms with Gasteiger partial charge < -0.3 is 5.11 Å². The molecule has 0 fully saturated rings. The van der Waals surface area contributed by atoms with Gasteiger partial charge in [-0.15, -0.1) is 10.2 Å². The minimum absolute atomic E-state index is 0.111. The molecule has 0 aliphatic heterocycles. The van der Waals surface area contributed by atoms with E-state index in [9.17, 15) is 0 Å². The van der Waals surface area contributed by atoms with Crippen molar-refractivity contribution in [3.05, 3.63) is 21.4 Å². The Morgan fingerprint density at radius 2 is 1.87 bits per heavy atom. The Hall–Kier alpha value is -0.420. The zero-order valence-corrected chi connectivity index (χ0v) is 10.2. The van der Waals surface area contributed by atoms with Gasteiger partial charge in [-0.25, -0.2) is 0 Å². The first-order valence-corrected chi connectivity index (χ1v) is 5.28. The smallest absolute Gasteiger partial charge is 0.156 e. The lowest BCUT2D eigenvalue weighted by molar-refractivity contribution is 0.217. The van der Waals surface area contributed by atoms with E-state index in [2.05, 4.69) is 10.2 Å². The first-order chi connectivity index (χ1) is 7.06. The summed E-state index contributed by atoms with van der Waals surface area (Å²) in [6, 6.07) is 0. The van der Waals surface area contributed by atoms with Crippen LogP contribution in [0.5, 0.6) is 0 Å². The van der Waals surface area contributed by atoms with Crippen molar-refractivity contribution in [1.29, 1.82) is 0 Å². The standard InChI is InChI=1S/C9H13Cl2N3O/c1-6-7(5-14(2)3-4-15)9(11)13-12-8(6)10/h15H,3-5H2,1-2H3. The molecule has 1 rings (SSSR count). The van der Waals surface area contributed by atoms with Crippen LogP contribution in [0.25, 0.3) is 0 Å². The number of aromatic nitrogens is 2. The number of halogens is 2. The molecule has 1 aromatic heterocycles. The van der Waals surface area contributed by atoms with Crippen LogP contribution in [-0.4, -0.2) is 40.4 Å². The highest BCUT2D eigenvalue weighted by Crippen LogP contribution is 2.22. The van der Waals surface area contributed by atoms with Crippen LogP contribution in [0.4, 0.5) is 0 Å². The van der Waals surface area contributed by atoms with Crippen LogP contribution in [0.3, 0.4) is 0 Å². The number of likely N-dealkylation sites (N-methyl/N-ethyl adjacent to an activating group) is 1. The zero-order chi connectivity index (χ0) is 11.4. The summed E-state index contributed by atoms with van der Waals surface area (Å²) in [5.41, 5.74) is 1.69. The van der Waals surface area contributed by atoms with Crippen LogP contribution in [0.15, 0.2) is 0 Å². The van der Waals surface area contributed by atoms with E-state index in [1.54, 1.807) is 0 Å². The molecule has 6 heteroatoms. The lowest BCUT2D eigenvalue weighted by Gasteiger charge is -2.17. The second-order valence-corrected chi connectivity index (χ2v) is 4.06. The molecule has 15 heavy (non-hydrogen) atoms. The second kappa shape index (κ2) is 5.61. The summed E-state index contributed by atoms with van der Waals surface area (Å²) in [6.07, 6.45) is 0. The molecule has 84 valence electrons. The maximum absolute atomic E-state index is 8.78. The van der Waals surface area contributed by atoms with Crippen LogP contribution in [0.2, 0.25) is 10.3 Å². The molecule has 1 N–H and O–H groups in total. The fraction of sp³-hybridized carbons (Fsp3) is 0.556. The van der Waals surface area contributed by atoms with E-state index < -0.39 is 0 Å². The predicted octanol–water partition coefficient (Wildman–Crippen LogP) is 1.52. The molecule has 1 heterocycles. The monoisotopic (exact) mass is 249 g/mol. The van der Waals surface area contributed by atoms with Crippen LogP contribution >= 0.6 is 23.2 Å². The van der Waals surface area contributed by atoms with E-state index in [0.29, 0.717) is 23.4 Å². The van der Waals surface area contributed by atoms with Crippen molar-refractivity contribution in [1.82, 2.24) is 15.1 Å². The average Bonchev–Trinajstić information content (AvgIpc) is 2.19. The van der Waals surface area contributed by atoms with Crippen molar-refractivity contribution in [2.45, 2.75) is 13.5 Å². The molecule has 0 radical (unpaired) electrons. The van der Waals surface area contributed by atoms with Gasteiger partial charge in [-0.1, -0.05) is 23.2 Å².